The van der Waals surface area contributed by atoms with Gasteiger partial charge >= 0.3 is 0 Å². The normalized spacial score (nSPS) is 32.2. The molecule has 0 spiro atoms. The minimum atomic E-state index is 0.227. The van der Waals surface area contributed by atoms with Gasteiger partial charge in [0.1, 0.15) is 0 Å². The fourth-order valence-electron chi connectivity index (χ4n) is 2.58. The molecule has 2 aliphatic rings. The maximum atomic E-state index is 9.18. The van der Waals surface area contributed by atoms with E-state index >= 15 is 0 Å². The summed E-state index contributed by atoms with van der Waals surface area (Å²) in [5, 5.41) is 18.1. The molecule has 0 unspecified atom stereocenters. The first kappa shape index (κ1) is 9.03. The molecule has 0 amide bonds. The van der Waals surface area contributed by atoms with E-state index in [1.54, 1.807) is 0 Å². The van der Waals surface area contributed by atoms with Crippen LogP contribution < -0.4 is 0 Å². The molecule has 0 bridgehead atoms. The first-order chi connectivity index (χ1) is 6.36. The quantitative estimate of drug-likeness (QED) is 0.663. The Balaban J connectivity index is 2.08. The molecule has 3 heteroatoms. The Hall–Kier alpha value is -0.540. The molecule has 2 aliphatic heterocycles. The standard InChI is InChI=1S/C10H17NO2/c12-5-3-10-8(7-13)6-9-2-1-4-11(9)10/h2,8,10,12-13H,1,3-7H2/t8-,10+/m1/s1. The van der Waals surface area contributed by atoms with E-state index in [0.29, 0.717) is 12.0 Å². The molecule has 2 atom stereocenters. The highest BCUT2D eigenvalue weighted by Crippen LogP contribution is 2.37. The average Bonchev–Trinajstić information content (AvgIpc) is 2.67. The Morgan fingerprint density at radius 1 is 1.46 bits per heavy atom. The van der Waals surface area contributed by atoms with Gasteiger partial charge in [0, 0.05) is 37.4 Å². The van der Waals surface area contributed by atoms with Crippen molar-refractivity contribution in [3.63, 3.8) is 0 Å². The predicted octanol–water partition coefficient (Wildman–Crippen LogP) is 0.339. The van der Waals surface area contributed by atoms with E-state index in [2.05, 4.69) is 11.0 Å². The van der Waals surface area contributed by atoms with Crippen LogP contribution in [0.5, 0.6) is 0 Å². The number of hydrogen-bond donors (Lipinski definition) is 2. The molecule has 2 rings (SSSR count). The van der Waals surface area contributed by atoms with Crippen molar-refractivity contribution in [1.29, 1.82) is 0 Å². The van der Waals surface area contributed by atoms with Crippen molar-refractivity contribution in [3.8, 4) is 0 Å². The lowest BCUT2D eigenvalue weighted by atomic mass is 9.98. The van der Waals surface area contributed by atoms with Gasteiger partial charge in [0.25, 0.3) is 0 Å². The molecule has 0 aliphatic carbocycles. The predicted molar refractivity (Wildman–Crippen MR) is 50.1 cm³/mol. The van der Waals surface area contributed by atoms with Crippen molar-refractivity contribution in [3.05, 3.63) is 11.8 Å². The minimum Gasteiger partial charge on any atom is -0.396 e. The van der Waals surface area contributed by atoms with Crippen molar-refractivity contribution in [2.45, 2.75) is 25.3 Å². The summed E-state index contributed by atoms with van der Waals surface area (Å²) in [4.78, 5) is 2.36. The fraction of sp³-hybridized carbons (Fsp3) is 0.800. The molecule has 3 nitrogen and oxygen atoms in total. The number of aliphatic hydroxyl groups is 2. The van der Waals surface area contributed by atoms with Crippen molar-refractivity contribution >= 4 is 0 Å². The van der Waals surface area contributed by atoms with Gasteiger partial charge in [-0.25, -0.2) is 0 Å². The summed E-state index contributed by atoms with van der Waals surface area (Å²) in [5.74, 6) is 0.346. The van der Waals surface area contributed by atoms with Crippen LogP contribution in [0.2, 0.25) is 0 Å². The van der Waals surface area contributed by atoms with Gasteiger partial charge in [-0.2, -0.15) is 0 Å². The Bertz CT molecular complexity index is 215. The van der Waals surface area contributed by atoms with Crippen LogP contribution in [-0.4, -0.2) is 40.9 Å². The Kier molecular flexibility index (Phi) is 2.56. The van der Waals surface area contributed by atoms with Gasteiger partial charge in [-0.05, 0) is 19.3 Å². The Labute approximate surface area is 78.7 Å². The topological polar surface area (TPSA) is 43.7 Å². The second-order valence-corrected chi connectivity index (χ2v) is 3.90. The van der Waals surface area contributed by atoms with Crippen molar-refractivity contribution in [2.24, 2.45) is 5.92 Å². The van der Waals surface area contributed by atoms with E-state index < -0.39 is 0 Å². The van der Waals surface area contributed by atoms with Gasteiger partial charge in [-0.15, -0.1) is 0 Å². The van der Waals surface area contributed by atoms with Gasteiger partial charge in [0.15, 0.2) is 0 Å². The van der Waals surface area contributed by atoms with E-state index in [0.717, 1.165) is 25.8 Å². The minimum absolute atomic E-state index is 0.227. The third-order valence-corrected chi connectivity index (χ3v) is 3.19. The molecule has 0 radical (unpaired) electrons. The monoisotopic (exact) mass is 183 g/mol. The van der Waals surface area contributed by atoms with Gasteiger partial charge in [-0.1, -0.05) is 6.08 Å². The summed E-state index contributed by atoms with van der Waals surface area (Å²) < 4.78 is 0. The van der Waals surface area contributed by atoms with Crippen molar-refractivity contribution in [2.75, 3.05) is 19.8 Å². The maximum Gasteiger partial charge on any atom is 0.0482 e. The average molecular weight is 183 g/mol. The SMILES string of the molecule is OCC[C@H]1[C@@H](CO)CC2=CCCN21. The molecule has 0 aromatic carbocycles. The van der Waals surface area contributed by atoms with Crippen LogP contribution in [0.4, 0.5) is 0 Å². The van der Waals surface area contributed by atoms with E-state index in [-0.39, 0.29) is 13.2 Å². The molecule has 0 aromatic heterocycles. The molecule has 2 heterocycles. The van der Waals surface area contributed by atoms with E-state index in [4.69, 9.17) is 5.11 Å². The van der Waals surface area contributed by atoms with Gasteiger partial charge < -0.3 is 15.1 Å². The summed E-state index contributed by atoms with van der Waals surface area (Å²) in [6, 6.07) is 0.378. The van der Waals surface area contributed by atoms with Crippen LogP contribution in [0.15, 0.2) is 11.8 Å². The highest BCUT2D eigenvalue weighted by molar-refractivity contribution is 5.16. The molecule has 13 heavy (non-hydrogen) atoms. The zero-order chi connectivity index (χ0) is 9.26. The zero-order valence-electron chi connectivity index (χ0n) is 7.82. The second-order valence-electron chi connectivity index (χ2n) is 3.90. The lowest BCUT2D eigenvalue weighted by molar-refractivity contribution is 0.147. The van der Waals surface area contributed by atoms with Crippen LogP contribution in [0.3, 0.4) is 0 Å². The molecule has 2 N–H and O–H groups in total. The molecule has 74 valence electrons. The summed E-state index contributed by atoms with van der Waals surface area (Å²) in [6.45, 7) is 1.56. The van der Waals surface area contributed by atoms with E-state index in [1.165, 1.54) is 5.70 Å². The Morgan fingerprint density at radius 3 is 3.00 bits per heavy atom. The number of nitrogens with zero attached hydrogens (tertiary/aromatic N) is 1. The highest BCUT2D eigenvalue weighted by Gasteiger charge is 2.37. The lowest BCUT2D eigenvalue weighted by Gasteiger charge is -2.26. The number of hydrogen-bond acceptors (Lipinski definition) is 3. The summed E-state index contributed by atoms with van der Waals surface area (Å²) in [5.41, 5.74) is 1.39. The molecule has 1 fully saturated rings. The zero-order valence-corrected chi connectivity index (χ0v) is 7.82. The maximum absolute atomic E-state index is 9.18. The number of rotatable bonds is 3. The molecule has 0 aromatic rings. The van der Waals surface area contributed by atoms with Crippen LogP contribution in [0, 0.1) is 5.92 Å². The third kappa shape index (κ3) is 1.46. The van der Waals surface area contributed by atoms with Crippen molar-refractivity contribution < 1.29 is 10.2 Å². The highest BCUT2D eigenvalue weighted by atomic mass is 16.3. The molecular weight excluding hydrogens is 166 g/mol. The number of allylic oxidation sites excluding steroid dienone is 1. The molecule has 0 saturated carbocycles. The van der Waals surface area contributed by atoms with Crippen LogP contribution in [0.25, 0.3) is 0 Å². The third-order valence-electron chi connectivity index (χ3n) is 3.19. The summed E-state index contributed by atoms with van der Waals surface area (Å²) in [7, 11) is 0. The van der Waals surface area contributed by atoms with Crippen molar-refractivity contribution in [1.82, 2.24) is 4.90 Å². The van der Waals surface area contributed by atoms with E-state index in [9.17, 15) is 5.11 Å². The van der Waals surface area contributed by atoms with Gasteiger partial charge in [-0.3, -0.25) is 0 Å². The van der Waals surface area contributed by atoms with Crippen LogP contribution >= 0.6 is 0 Å². The Morgan fingerprint density at radius 2 is 2.31 bits per heavy atom. The number of fused-ring (bicyclic) bond motifs is 1. The fourth-order valence-corrected chi connectivity index (χ4v) is 2.58. The summed E-state index contributed by atoms with van der Waals surface area (Å²) >= 11 is 0. The smallest absolute Gasteiger partial charge is 0.0482 e. The number of aliphatic hydroxyl groups excluding tert-OH is 2. The second kappa shape index (κ2) is 3.68. The van der Waals surface area contributed by atoms with Crippen LogP contribution in [0.1, 0.15) is 19.3 Å². The summed E-state index contributed by atoms with van der Waals surface area (Å²) in [6.07, 6.45) is 5.19. The lowest BCUT2D eigenvalue weighted by Crippen LogP contribution is -2.33. The first-order valence-corrected chi connectivity index (χ1v) is 5.04. The first-order valence-electron chi connectivity index (χ1n) is 5.04. The van der Waals surface area contributed by atoms with Gasteiger partial charge in [0.2, 0.25) is 0 Å². The largest absolute Gasteiger partial charge is 0.396 e. The van der Waals surface area contributed by atoms with E-state index in [1.807, 2.05) is 0 Å². The van der Waals surface area contributed by atoms with Crippen LogP contribution in [-0.2, 0) is 0 Å². The molecular formula is C10H17NO2. The van der Waals surface area contributed by atoms with Gasteiger partial charge in [0.05, 0.1) is 0 Å². The molecule has 1 saturated heterocycles.